The van der Waals surface area contributed by atoms with Crippen LogP contribution in [0, 0.1) is 13.8 Å². The monoisotopic (exact) mass is 355 g/mol. The highest BCUT2D eigenvalue weighted by Gasteiger charge is 2.15. The molecule has 4 aromatic rings. The lowest BCUT2D eigenvalue weighted by Crippen LogP contribution is -2.20. The number of nitrogens with zero attached hydrogens (tertiary/aromatic N) is 2. The molecule has 0 fully saturated rings. The lowest BCUT2D eigenvalue weighted by Gasteiger charge is -2.12. The summed E-state index contributed by atoms with van der Waals surface area (Å²) < 4.78 is 1.98. The topological polar surface area (TPSA) is 46.9 Å². The lowest BCUT2D eigenvalue weighted by molar-refractivity contribution is -0.116. The molecule has 27 heavy (non-hydrogen) atoms. The smallest absolute Gasteiger partial charge is 0.244 e. The SMILES string of the molecule is Cc1ccc(C)c(NC(=O)Cn2c(-c3ccccc3)nc3ccccc32)c1. The Hall–Kier alpha value is -3.40. The normalized spacial score (nSPS) is 10.9. The van der Waals surface area contributed by atoms with E-state index in [1.807, 2.05) is 91.2 Å². The summed E-state index contributed by atoms with van der Waals surface area (Å²) in [4.78, 5) is 17.6. The predicted molar refractivity (Wildman–Crippen MR) is 110 cm³/mol. The van der Waals surface area contributed by atoms with E-state index in [0.29, 0.717) is 0 Å². The van der Waals surface area contributed by atoms with Crippen molar-refractivity contribution in [2.24, 2.45) is 0 Å². The summed E-state index contributed by atoms with van der Waals surface area (Å²) in [6.07, 6.45) is 0. The second kappa shape index (κ2) is 7.08. The molecule has 0 spiro atoms. The summed E-state index contributed by atoms with van der Waals surface area (Å²) >= 11 is 0. The Morgan fingerprint density at radius 2 is 1.70 bits per heavy atom. The van der Waals surface area contributed by atoms with Crippen molar-refractivity contribution in [2.75, 3.05) is 5.32 Å². The maximum atomic E-state index is 12.8. The van der Waals surface area contributed by atoms with Crippen molar-refractivity contribution in [3.05, 3.63) is 83.9 Å². The number of hydrogen-bond donors (Lipinski definition) is 1. The molecule has 0 saturated heterocycles. The standard InChI is InChI=1S/C23H21N3O/c1-16-12-13-17(2)20(14-16)24-22(27)15-26-21-11-7-6-10-19(21)25-23(26)18-8-4-3-5-9-18/h3-14H,15H2,1-2H3,(H,24,27). The van der Waals surface area contributed by atoms with Gasteiger partial charge in [0.25, 0.3) is 0 Å². The van der Waals surface area contributed by atoms with E-state index in [1.54, 1.807) is 0 Å². The molecule has 0 unspecified atom stereocenters. The number of carbonyl (C=O) groups excluding carboxylic acids is 1. The number of amides is 1. The highest BCUT2D eigenvalue weighted by Crippen LogP contribution is 2.25. The predicted octanol–water partition coefficient (Wildman–Crippen LogP) is 4.96. The number of fused-ring (bicyclic) bond motifs is 1. The molecule has 0 aliphatic heterocycles. The molecule has 0 saturated carbocycles. The zero-order valence-electron chi connectivity index (χ0n) is 15.4. The number of benzene rings is 3. The Morgan fingerprint density at radius 1 is 0.963 bits per heavy atom. The number of carbonyl (C=O) groups is 1. The molecular formula is C23H21N3O. The summed E-state index contributed by atoms with van der Waals surface area (Å²) in [5, 5.41) is 3.05. The third kappa shape index (κ3) is 3.47. The average molecular weight is 355 g/mol. The molecule has 1 aromatic heterocycles. The largest absolute Gasteiger partial charge is 0.324 e. The Labute approximate surface area is 158 Å². The van der Waals surface area contributed by atoms with Gasteiger partial charge in [-0.1, -0.05) is 54.6 Å². The first-order chi connectivity index (χ1) is 13.1. The lowest BCUT2D eigenvalue weighted by atomic mass is 10.1. The van der Waals surface area contributed by atoms with E-state index in [1.165, 1.54) is 0 Å². The van der Waals surface area contributed by atoms with Crippen LogP contribution in [0.2, 0.25) is 0 Å². The van der Waals surface area contributed by atoms with E-state index < -0.39 is 0 Å². The third-order valence-electron chi connectivity index (χ3n) is 4.66. The quantitative estimate of drug-likeness (QED) is 0.562. The van der Waals surface area contributed by atoms with Crippen molar-refractivity contribution in [1.82, 2.24) is 9.55 Å². The maximum absolute atomic E-state index is 12.8. The number of imidazole rings is 1. The summed E-state index contributed by atoms with van der Waals surface area (Å²) in [6, 6.07) is 23.9. The molecule has 3 aromatic carbocycles. The molecule has 4 nitrogen and oxygen atoms in total. The summed E-state index contributed by atoms with van der Waals surface area (Å²) in [5.41, 5.74) is 5.85. The fourth-order valence-corrected chi connectivity index (χ4v) is 3.25. The number of rotatable bonds is 4. The zero-order chi connectivity index (χ0) is 18.8. The van der Waals surface area contributed by atoms with Gasteiger partial charge in [0, 0.05) is 11.3 Å². The first kappa shape index (κ1) is 17.0. The molecule has 1 heterocycles. The number of nitrogens with one attached hydrogen (secondary N) is 1. The fraction of sp³-hybridized carbons (Fsp3) is 0.130. The van der Waals surface area contributed by atoms with Crippen LogP contribution in [-0.2, 0) is 11.3 Å². The molecule has 0 bridgehead atoms. The van der Waals surface area contributed by atoms with Crippen LogP contribution in [0.3, 0.4) is 0 Å². The van der Waals surface area contributed by atoms with Gasteiger partial charge in [-0.15, -0.1) is 0 Å². The molecule has 0 aliphatic rings. The number of aromatic nitrogens is 2. The second-order valence-corrected chi connectivity index (χ2v) is 6.74. The molecular weight excluding hydrogens is 334 g/mol. The Bertz CT molecular complexity index is 1110. The molecule has 0 radical (unpaired) electrons. The van der Waals surface area contributed by atoms with Crippen LogP contribution in [0.25, 0.3) is 22.4 Å². The Morgan fingerprint density at radius 3 is 2.52 bits per heavy atom. The first-order valence-electron chi connectivity index (χ1n) is 8.99. The first-order valence-corrected chi connectivity index (χ1v) is 8.99. The van der Waals surface area contributed by atoms with Gasteiger partial charge in [0.1, 0.15) is 12.4 Å². The molecule has 4 rings (SSSR count). The van der Waals surface area contributed by atoms with Gasteiger partial charge >= 0.3 is 0 Å². The van der Waals surface area contributed by atoms with Gasteiger partial charge in [0.15, 0.2) is 0 Å². The Kier molecular flexibility index (Phi) is 4.47. The molecule has 134 valence electrons. The zero-order valence-corrected chi connectivity index (χ0v) is 15.4. The van der Waals surface area contributed by atoms with Crippen LogP contribution >= 0.6 is 0 Å². The van der Waals surface area contributed by atoms with Crippen molar-refractivity contribution < 1.29 is 4.79 Å². The van der Waals surface area contributed by atoms with Gasteiger partial charge in [0.2, 0.25) is 5.91 Å². The van der Waals surface area contributed by atoms with Crippen molar-refractivity contribution in [3.8, 4) is 11.4 Å². The highest BCUT2D eigenvalue weighted by atomic mass is 16.1. The van der Waals surface area contributed by atoms with E-state index in [2.05, 4.69) is 5.32 Å². The molecule has 0 aliphatic carbocycles. The minimum Gasteiger partial charge on any atom is -0.324 e. The summed E-state index contributed by atoms with van der Waals surface area (Å²) in [5.74, 6) is 0.733. The molecule has 1 N–H and O–H groups in total. The third-order valence-corrected chi connectivity index (χ3v) is 4.66. The second-order valence-electron chi connectivity index (χ2n) is 6.74. The van der Waals surface area contributed by atoms with Crippen LogP contribution in [0.5, 0.6) is 0 Å². The Balaban J connectivity index is 1.70. The van der Waals surface area contributed by atoms with Crippen molar-refractivity contribution in [1.29, 1.82) is 0 Å². The van der Waals surface area contributed by atoms with Crippen molar-refractivity contribution >= 4 is 22.6 Å². The van der Waals surface area contributed by atoms with Crippen molar-refractivity contribution in [2.45, 2.75) is 20.4 Å². The van der Waals surface area contributed by atoms with E-state index in [-0.39, 0.29) is 12.5 Å². The van der Waals surface area contributed by atoms with Crippen LogP contribution in [0.15, 0.2) is 72.8 Å². The van der Waals surface area contributed by atoms with E-state index in [9.17, 15) is 4.79 Å². The van der Waals surface area contributed by atoms with Gasteiger partial charge < -0.3 is 9.88 Å². The fourth-order valence-electron chi connectivity index (χ4n) is 3.25. The van der Waals surface area contributed by atoms with Crippen LogP contribution in [0.4, 0.5) is 5.69 Å². The van der Waals surface area contributed by atoms with Gasteiger partial charge in [-0.05, 0) is 43.2 Å². The molecule has 0 atom stereocenters. The van der Waals surface area contributed by atoms with Gasteiger partial charge in [-0.2, -0.15) is 0 Å². The van der Waals surface area contributed by atoms with Crippen LogP contribution in [0.1, 0.15) is 11.1 Å². The minimum absolute atomic E-state index is 0.0657. The van der Waals surface area contributed by atoms with Gasteiger partial charge in [0.05, 0.1) is 11.0 Å². The van der Waals surface area contributed by atoms with E-state index in [4.69, 9.17) is 4.98 Å². The van der Waals surface area contributed by atoms with E-state index >= 15 is 0 Å². The molecule has 4 heteroatoms. The number of aryl methyl sites for hydroxylation is 2. The number of para-hydroxylation sites is 2. The van der Waals surface area contributed by atoms with E-state index in [0.717, 1.165) is 39.2 Å². The van der Waals surface area contributed by atoms with Crippen LogP contribution < -0.4 is 5.32 Å². The minimum atomic E-state index is -0.0657. The number of hydrogen-bond acceptors (Lipinski definition) is 2. The number of anilines is 1. The summed E-state index contributed by atoms with van der Waals surface area (Å²) in [6.45, 7) is 4.22. The van der Waals surface area contributed by atoms with Crippen LogP contribution in [-0.4, -0.2) is 15.5 Å². The average Bonchev–Trinajstić information content (AvgIpc) is 3.04. The van der Waals surface area contributed by atoms with Gasteiger partial charge in [-0.3, -0.25) is 4.79 Å². The van der Waals surface area contributed by atoms with Gasteiger partial charge in [-0.25, -0.2) is 4.98 Å². The molecule has 1 amide bonds. The van der Waals surface area contributed by atoms with Crippen molar-refractivity contribution in [3.63, 3.8) is 0 Å². The maximum Gasteiger partial charge on any atom is 0.244 e. The summed E-state index contributed by atoms with van der Waals surface area (Å²) in [7, 11) is 0. The highest BCUT2D eigenvalue weighted by molar-refractivity contribution is 5.93.